The van der Waals surface area contributed by atoms with Crippen molar-refractivity contribution in [2.75, 3.05) is 0 Å². The predicted octanol–water partition coefficient (Wildman–Crippen LogP) is 2.28. The summed E-state index contributed by atoms with van der Waals surface area (Å²) in [6, 6.07) is 0. The topological polar surface area (TPSA) is 56.0 Å². The molecule has 1 aliphatic carbocycles. The number of aromatic nitrogens is 2. The smallest absolute Gasteiger partial charge is 0.236 e. The third-order valence-electron chi connectivity index (χ3n) is 3.10. The van der Waals surface area contributed by atoms with Gasteiger partial charge in [-0.1, -0.05) is 19.0 Å². The summed E-state index contributed by atoms with van der Waals surface area (Å²) < 4.78 is 5.12. The normalized spacial score (nSPS) is 26.3. The van der Waals surface area contributed by atoms with Gasteiger partial charge < -0.3 is 4.52 Å². The molecule has 2 rings (SSSR count). The highest BCUT2D eigenvalue weighted by molar-refractivity contribution is 5.83. The van der Waals surface area contributed by atoms with Gasteiger partial charge in [-0.25, -0.2) is 0 Å². The van der Waals surface area contributed by atoms with Crippen LogP contribution in [0.2, 0.25) is 0 Å². The number of hydrogen-bond acceptors (Lipinski definition) is 4. The summed E-state index contributed by atoms with van der Waals surface area (Å²) in [6.45, 7) is 5.83. The van der Waals surface area contributed by atoms with Crippen LogP contribution in [0.3, 0.4) is 0 Å². The standard InChI is InChI=1S/C11H16N2O2/c1-4-9(14)7(3)11-12-10(13-15-11)8-5-6(8)2/h6-8H,4-5H2,1-3H3. The van der Waals surface area contributed by atoms with E-state index < -0.39 is 0 Å². The third-order valence-corrected chi connectivity index (χ3v) is 3.10. The summed E-state index contributed by atoms with van der Waals surface area (Å²) in [7, 11) is 0. The molecule has 1 saturated carbocycles. The molecule has 3 unspecified atom stereocenters. The van der Waals surface area contributed by atoms with E-state index in [9.17, 15) is 4.79 Å². The molecule has 4 heteroatoms. The maximum atomic E-state index is 11.4. The van der Waals surface area contributed by atoms with Crippen molar-refractivity contribution >= 4 is 5.78 Å². The van der Waals surface area contributed by atoms with E-state index in [1.165, 1.54) is 0 Å². The average Bonchev–Trinajstić information content (AvgIpc) is 2.80. The molecule has 3 atom stereocenters. The lowest BCUT2D eigenvalue weighted by Crippen LogP contribution is -2.07. The summed E-state index contributed by atoms with van der Waals surface area (Å²) in [5.74, 6) is 2.24. The molecule has 1 aromatic rings. The number of nitrogens with zero attached hydrogens (tertiary/aromatic N) is 2. The van der Waals surface area contributed by atoms with Gasteiger partial charge in [-0.15, -0.1) is 0 Å². The lowest BCUT2D eigenvalue weighted by Gasteiger charge is -2.01. The molecule has 1 aromatic heterocycles. The van der Waals surface area contributed by atoms with Crippen molar-refractivity contribution in [2.45, 2.75) is 45.4 Å². The minimum absolute atomic E-state index is 0.147. The van der Waals surface area contributed by atoms with Crippen LogP contribution in [0.5, 0.6) is 0 Å². The molecule has 15 heavy (non-hydrogen) atoms. The Labute approximate surface area is 89.1 Å². The van der Waals surface area contributed by atoms with E-state index in [-0.39, 0.29) is 11.7 Å². The average molecular weight is 208 g/mol. The van der Waals surface area contributed by atoms with Crippen LogP contribution in [-0.4, -0.2) is 15.9 Å². The van der Waals surface area contributed by atoms with Crippen molar-refractivity contribution in [1.29, 1.82) is 0 Å². The Morgan fingerprint density at radius 1 is 1.67 bits per heavy atom. The Morgan fingerprint density at radius 2 is 2.33 bits per heavy atom. The fraction of sp³-hybridized carbons (Fsp3) is 0.727. The van der Waals surface area contributed by atoms with Gasteiger partial charge in [0.05, 0.1) is 5.92 Å². The molecule has 0 amide bonds. The van der Waals surface area contributed by atoms with Crippen molar-refractivity contribution < 1.29 is 9.32 Å². The van der Waals surface area contributed by atoms with Crippen LogP contribution < -0.4 is 0 Å². The van der Waals surface area contributed by atoms with E-state index in [0.717, 1.165) is 12.2 Å². The first kappa shape index (κ1) is 10.3. The van der Waals surface area contributed by atoms with Crippen LogP contribution in [0.1, 0.15) is 57.2 Å². The minimum atomic E-state index is -0.259. The lowest BCUT2D eigenvalue weighted by atomic mass is 10.1. The summed E-state index contributed by atoms with van der Waals surface area (Å²) in [4.78, 5) is 15.7. The van der Waals surface area contributed by atoms with Gasteiger partial charge in [-0.05, 0) is 19.3 Å². The largest absolute Gasteiger partial charge is 0.339 e. The number of carbonyl (C=O) groups is 1. The van der Waals surface area contributed by atoms with Gasteiger partial charge in [-0.2, -0.15) is 4.98 Å². The number of ketones is 1. The van der Waals surface area contributed by atoms with Crippen LogP contribution >= 0.6 is 0 Å². The van der Waals surface area contributed by atoms with Crippen molar-refractivity contribution in [1.82, 2.24) is 10.1 Å². The zero-order valence-electron chi connectivity index (χ0n) is 9.36. The quantitative estimate of drug-likeness (QED) is 0.761. The first-order valence-electron chi connectivity index (χ1n) is 5.49. The number of Topliss-reactive ketones (excluding diaryl/α,β-unsaturated/α-hetero) is 1. The van der Waals surface area contributed by atoms with Crippen LogP contribution in [0.15, 0.2) is 4.52 Å². The van der Waals surface area contributed by atoms with E-state index in [1.807, 2.05) is 13.8 Å². The molecule has 0 spiro atoms. The highest BCUT2D eigenvalue weighted by Gasteiger charge is 2.38. The van der Waals surface area contributed by atoms with Crippen molar-refractivity contribution in [2.24, 2.45) is 5.92 Å². The predicted molar refractivity (Wildman–Crippen MR) is 54.5 cm³/mol. The molecular formula is C11H16N2O2. The molecular weight excluding hydrogens is 192 g/mol. The molecule has 0 saturated heterocycles. The first-order valence-corrected chi connectivity index (χ1v) is 5.49. The van der Waals surface area contributed by atoms with E-state index in [2.05, 4.69) is 17.1 Å². The summed E-state index contributed by atoms with van der Waals surface area (Å²) in [6.07, 6.45) is 1.65. The summed E-state index contributed by atoms with van der Waals surface area (Å²) in [5, 5.41) is 3.93. The van der Waals surface area contributed by atoms with Gasteiger partial charge in [-0.3, -0.25) is 4.79 Å². The fourth-order valence-electron chi connectivity index (χ4n) is 1.70. The minimum Gasteiger partial charge on any atom is -0.339 e. The number of hydrogen-bond donors (Lipinski definition) is 0. The molecule has 1 heterocycles. The second kappa shape index (κ2) is 3.76. The van der Waals surface area contributed by atoms with Gasteiger partial charge >= 0.3 is 0 Å². The van der Waals surface area contributed by atoms with Crippen LogP contribution in [0.4, 0.5) is 0 Å². The zero-order valence-corrected chi connectivity index (χ0v) is 9.36. The second-order valence-corrected chi connectivity index (χ2v) is 4.35. The second-order valence-electron chi connectivity index (χ2n) is 4.35. The molecule has 1 fully saturated rings. The Hall–Kier alpha value is -1.19. The molecule has 0 N–H and O–H groups in total. The van der Waals surface area contributed by atoms with Gasteiger partial charge in [0.1, 0.15) is 5.78 Å². The Morgan fingerprint density at radius 3 is 2.87 bits per heavy atom. The van der Waals surface area contributed by atoms with E-state index in [4.69, 9.17) is 4.52 Å². The van der Waals surface area contributed by atoms with Gasteiger partial charge in [0.2, 0.25) is 5.89 Å². The van der Waals surface area contributed by atoms with Crippen molar-refractivity contribution in [3.8, 4) is 0 Å². The monoisotopic (exact) mass is 208 g/mol. The Bertz CT molecular complexity index is 372. The summed E-state index contributed by atoms with van der Waals surface area (Å²) >= 11 is 0. The van der Waals surface area contributed by atoms with Crippen LogP contribution in [0.25, 0.3) is 0 Å². The molecule has 0 aromatic carbocycles. The third kappa shape index (κ3) is 1.94. The number of rotatable bonds is 4. The molecule has 0 radical (unpaired) electrons. The molecule has 82 valence electrons. The number of carbonyl (C=O) groups excluding carboxylic acids is 1. The highest BCUT2D eigenvalue weighted by Crippen LogP contribution is 2.45. The molecule has 0 aliphatic heterocycles. The lowest BCUT2D eigenvalue weighted by molar-refractivity contribution is -0.120. The maximum absolute atomic E-state index is 11.4. The molecule has 1 aliphatic rings. The van der Waals surface area contributed by atoms with Crippen LogP contribution in [0, 0.1) is 5.92 Å². The van der Waals surface area contributed by atoms with E-state index >= 15 is 0 Å². The summed E-state index contributed by atoms with van der Waals surface area (Å²) in [5.41, 5.74) is 0. The van der Waals surface area contributed by atoms with Crippen molar-refractivity contribution in [3.63, 3.8) is 0 Å². The molecule has 0 bridgehead atoms. The van der Waals surface area contributed by atoms with Gasteiger partial charge in [0.25, 0.3) is 0 Å². The SMILES string of the molecule is CCC(=O)C(C)c1nc(C2CC2C)no1. The zero-order chi connectivity index (χ0) is 11.0. The Kier molecular flexibility index (Phi) is 2.59. The van der Waals surface area contributed by atoms with E-state index in [0.29, 0.717) is 24.1 Å². The van der Waals surface area contributed by atoms with Gasteiger partial charge in [0, 0.05) is 12.3 Å². The maximum Gasteiger partial charge on any atom is 0.236 e. The first-order chi connectivity index (χ1) is 7.13. The Balaban J connectivity index is 2.09. The van der Waals surface area contributed by atoms with Gasteiger partial charge in [0.15, 0.2) is 5.82 Å². The van der Waals surface area contributed by atoms with Crippen LogP contribution in [-0.2, 0) is 4.79 Å². The fourth-order valence-corrected chi connectivity index (χ4v) is 1.70. The van der Waals surface area contributed by atoms with E-state index in [1.54, 1.807) is 0 Å². The highest BCUT2D eigenvalue weighted by atomic mass is 16.5. The van der Waals surface area contributed by atoms with Crippen molar-refractivity contribution in [3.05, 3.63) is 11.7 Å². The molecule has 4 nitrogen and oxygen atoms in total.